The molecule has 0 atom stereocenters. The quantitative estimate of drug-likeness (QED) is 0.914. The van der Waals surface area contributed by atoms with Crippen molar-refractivity contribution in [2.45, 2.75) is 46.0 Å². The van der Waals surface area contributed by atoms with Crippen molar-refractivity contribution >= 4 is 5.82 Å². The number of nitrogens with two attached hydrogens (primary N) is 1. The van der Waals surface area contributed by atoms with Crippen molar-refractivity contribution in [2.75, 3.05) is 5.73 Å². The van der Waals surface area contributed by atoms with E-state index in [1.54, 1.807) is 0 Å². The molecule has 0 bridgehead atoms. The van der Waals surface area contributed by atoms with Crippen LogP contribution >= 0.6 is 0 Å². The van der Waals surface area contributed by atoms with Gasteiger partial charge in [-0.3, -0.25) is 0 Å². The van der Waals surface area contributed by atoms with Crippen LogP contribution in [-0.2, 0) is 5.41 Å². The Labute approximate surface area is 126 Å². The predicted molar refractivity (Wildman–Crippen MR) is 85.7 cm³/mol. The van der Waals surface area contributed by atoms with Gasteiger partial charge in [-0.15, -0.1) is 0 Å². The van der Waals surface area contributed by atoms with Gasteiger partial charge < -0.3 is 10.5 Å². The number of nitrogen functional groups attached to an aromatic ring is 1. The smallest absolute Gasteiger partial charge is 0.227 e. The van der Waals surface area contributed by atoms with E-state index < -0.39 is 0 Å². The molecule has 21 heavy (non-hydrogen) atoms. The van der Waals surface area contributed by atoms with Crippen LogP contribution in [0.25, 0.3) is 0 Å². The van der Waals surface area contributed by atoms with Gasteiger partial charge >= 0.3 is 0 Å². The third-order valence-corrected chi connectivity index (χ3v) is 3.36. The number of hydrogen-bond donors (Lipinski definition) is 1. The molecule has 0 spiro atoms. The van der Waals surface area contributed by atoms with Gasteiger partial charge in [0.05, 0.1) is 5.56 Å². The van der Waals surface area contributed by atoms with Crippen molar-refractivity contribution in [2.24, 2.45) is 0 Å². The molecule has 1 aromatic heterocycles. The minimum atomic E-state index is -0.00678. The summed E-state index contributed by atoms with van der Waals surface area (Å²) in [6.45, 7) is 10.6. The summed E-state index contributed by atoms with van der Waals surface area (Å²) in [7, 11) is 0. The number of para-hydroxylation sites is 1. The summed E-state index contributed by atoms with van der Waals surface area (Å²) in [5, 5.41) is 0. The summed E-state index contributed by atoms with van der Waals surface area (Å²) in [5.74, 6) is 2.02. The molecule has 0 unspecified atom stereocenters. The van der Waals surface area contributed by atoms with Crippen LogP contribution in [0.4, 0.5) is 5.82 Å². The second-order valence-corrected chi connectivity index (χ2v) is 6.48. The third-order valence-electron chi connectivity index (χ3n) is 3.36. The highest BCUT2D eigenvalue weighted by Crippen LogP contribution is 2.36. The average Bonchev–Trinajstić information content (AvgIpc) is 2.37. The van der Waals surface area contributed by atoms with E-state index in [0.29, 0.717) is 11.7 Å². The Hall–Kier alpha value is -2.10. The standard InChI is InChI=1S/C17H23N3O/c1-11(2)14-15(18)19-10-20-16(14)21-13-9-7-6-8-12(13)17(3,4)5/h6-11H,1-5H3,(H2,18,19,20). The van der Waals surface area contributed by atoms with E-state index in [-0.39, 0.29) is 11.3 Å². The number of hydrogen-bond acceptors (Lipinski definition) is 4. The second kappa shape index (κ2) is 5.72. The van der Waals surface area contributed by atoms with E-state index in [1.807, 2.05) is 18.2 Å². The Bertz CT molecular complexity index is 630. The molecule has 2 N–H and O–H groups in total. The normalized spacial score (nSPS) is 11.7. The molecule has 4 nitrogen and oxygen atoms in total. The molecule has 0 aliphatic heterocycles. The van der Waals surface area contributed by atoms with E-state index in [1.165, 1.54) is 6.33 Å². The minimum absolute atomic E-state index is 0.00678. The van der Waals surface area contributed by atoms with Crippen LogP contribution < -0.4 is 10.5 Å². The van der Waals surface area contributed by atoms with Gasteiger partial charge in [0.25, 0.3) is 0 Å². The zero-order chi connectivity index (χ0) is 15.6. The Morgan fingerprint density at radius 1 is 1.10 bits per heavy atom. The maximum atomic E-state index is 6.08. The molecule has 2 rings (SSSR count). The van der Waals surface area contributed by atoms with Crippen LogP contribution in [-0.4, -0.2) is 9.97 Å². The molecular formula is C17H23N3O. The van der Waals surface area contributed by atoms with Crippen molar-refractivity contribution in [3.8, 4) is 11.6 Å². The van der Waals surface area contributed by atoms with Crippen LogP contribution in [0, 0.1) is 0 Å². The fourth-order valence-electron chi connectivity index (χ4n) is 2.30. The van der Waals surface area contributed by atoms with Crippen molar-refractivity contribution < 1.29 is 4.74 Å². The zero-order valence-electron chi connectivity index (χ0n) is 13.3. The lowest BCUT2D eigenvalue weighted by Crippen LogP contribution is -2.13. The van der Waals surface area contributed by atoms with E-state index in [2.05, 4.69) is 50.7 Å². The third kappa shape index (κ3) is 3.32. The maximum absolute atomic E-state index is 6.08. The first kappa shape index (κ1) is 15.3. The van der Waals surface area contributed by atoms with E-state index in [4.69, 9.17) is 10.5 Å². The lowest BCUT2D eigenvalue weighted by Gasteiger charge is -2.23. The van der Waals surface area contributed by atoms with Gasteiger partial charge in [-0.1, -0.05) is 52.8 Å². The Balaban J connectivity index is 2.47. The highest BCUT2D eigenvalue weighted by Gasteiger charge is 2.21. The Morgan fingerprint density at radius 2 is 1.76 bits per heavy atom. The summed E-state index contributed by atoms with van der Waals surface area (Å²) in [5.41, 5.74) is 7.95. The van der Waals surface area contributed by atoms with Gasteiger partial charge in [-0.25, -0.2) is 9.97 Å². The first-order valence-electron chi connectivity index (χ1n) is 7.18. The SMILES string of the molecule is CC(C)c1c(N)ncnc1Oc1ccccc1C(C)(C)C. The van der Waals surface area contributed by atoms with Gasteiger partial charge in [0.2, 0.25) is 5.88 Å². The summed E-state index contributed by atoms with van der Waals surface area (Å²) in [6.07, 6.45) is 1.44. The molecular weight excluding hydrogens is 262 g/mol. The summed E-state index contributed by atoms with van der Waals surface area (Å²) >= 11 is 0. The van der Waals surface area contributed by atoms with Crippen molar-refractivity contribution in [3.05, 3.63) is 41.7 Å². The molecule has 0 fully saturated rings. The first-order chi connectivity index (χ1) is 9.80. The summed E-state index contributed by atoms with van der Waals surface area (Å²) in [6, 6.07) is 8.02. The molecule has 0 saturated heterocycles. The largest absolute Gasteiger partial charge is 0.438 e. The molecule has 4 heteroatoms. The highest BCUT2D eigenvalue weighted by molar-refractivity contribution is 5.49. The van der Waals surface area contributed by atoms with Crippen LogP contribution in [0.2, 0.25) is 0 Å². The first-order valence-corrected chi connectivity index (χ1v) is 7.18. The molecule has 0 radical (unpaired) electrons. The lowest BCUT2D eigenvalue weighted by molar-refractivity contribution is 0.431. The monoisotopic (exact) mass is 285 g/mol. The predicted octanol–water partition coefficient (Wildman–Crippen LogP) is 4.27. The van der Waals surface area contributed by atoms with Gasteiger partial charge in [0.1, 0.15) is 17.9 Å². The van der Waals surface area contributed by atoms with Crippen molar-refractivity contribution in [3.63, 3.8) is 0 Å². The fraction of sp³-hybridized carbons (Fsp3) is 0.412. The molecule has 0 aliphatic carbocycles. The summed E-state index contributed by atoms with van der Waals surface area (Å²) < 4.78 is 6.08. The van der Waals surface area contributed by atoms with Gasteiger partial charge in [0, 0.05) is 5.56 Å². The number of benzene rings is 1. The average molecular weight is 285 g/mol. The molecule has 2 aromatic rings. The highest BCUT2D eigenvalue weighted by atomic mass is 16.5. The minimum Gasteiger partial charge on any atom is -0.438 e. The van der Waals surface area contributed by atoms with E-state index in [9.17, 15) is 0 Å². The van der Waals surface area contributed by atoms with Crippen molar-refractivity contribution in [1.29, 1.82) is 0 Å². The molecule has 1 heterocycles. The van der Waals surface area contributed by atoms with Gasteiger partial charge in [0.15, 0.2) is 0 Å². The number of aromatic nitrogens is 2. The number of nitrogens with zero attached hydrogens (tertiary/aromatic N) is 2. The van der Waals surface area contributed by atoms with Crippen molar-refractivity contribution in [1.82, 2.24) is 9.97 Å². The summed E-state index contributed by atoms with van der Waals surface area (Å²) in [4.78, 5) is 8.33. The molecule has 1 aromatic carbocycles. The Kier molecular flexibility index (Phi) is 4.16. The lowest BCUT2D eigenvalue weighted by atomic mass is 9.86. The number of ether oxygens (including phenoxy) is 1. The molecule has 0 saturated carbocycles. The van der Waals surface area contributed by atoms with E-state index in [0.717, 1.165) is 16.9 Å². The molecule has 0 amide bonds. The van der Waals surface area contributed by atoms with Crippen LogP contribution in [0.15, 0.2) is 30.6 Å². The maximum Gasteiger partial charge on any atom is 0.227 e. The fourth-order valence-corrected chi connectivity index (χ4v) is 2.30. The van der Waals surface area contributed by atoms with Crippen LogP contribution in [0.5, 0.6) is 11.6 Å². The van der Waals surface area contributed by atoms with Gasteiger partial charge in [-0.2, -0.15) is 0 Å². The van der Waals surface area contributed by atoms with E-state index >= 15 is 0 Å². The van der Waals surface area contributed by atoms with Gasteiger partial charge in [-0.05, 0) is 17.4 Å². The second-order valence-electron chi connectivity index (χ2n) is 6.48. The zero-order valence-corrected chi connectivity index (χ0v) is 13.3. The molecule has 0 aliphatic rings. The van der Waals surface area contributed by atoms with Crippen LogP contribution in [0.1, 0.15) is 51.7 Å². The number of rotatable bonds is 3. The Morgan fingerprint density at radius 3 is 2.38 bits per heavy atom. The molecule has 112 valence electrons. The van der Waals surface area contributed by atoms with Crippen LogP contribution in [0.3, 0.4) is 0 Å². The number of anilines is 1. The topological polar surface area (TPSA) is 61.0 Å².